The molecular formula is C13H15BrN4. The first-order chi connectivity index (χ1) is 8.67. The Bertz CT molecular complexity index is 569. The summed E-state index contributed by atoms with van der Waals surface area (Å²) in [5.41, 5.74) is 8.75. The molecule has 0 aromatic carbocycles. The van der Waals surface area contributed by atoms with Crippen LogP contribution in [0, 0.1) is 0 Å². The average molecular weight is 307 g/mol. The minimum absolute atomic E-state index is 0.463. The smallest absolute Gasteiger partial charge is 0.180 e. The Labute approximate surface area is 115 Å². The third kappa shape index (κ3) is 2.36. The van der Waals surface area contributed by atoms with E-state index in [1.54, 1.807) is 6.20 Å². The first-order valence-electron chi connectivity index (χ1n) is 5.93. The number of nitrogen functional groups attached to an aromatic ring is 1. The van der Waals surface area contributed by atoms with Crippen molar-refractivity contribution in [2.45, 2.75) is 26.7 Å². The Balaban J connectivity index is 2.61. The maximum absolute atomic E-state index is 5.90. The number of rotatable bonds is 3. The van der Waals surface area contributed by atoms with Gasteiger partial charge >= 0.3 is 0 Å². The number of aromatic nitrogens is 3. The Morgan fingerprint density at radius 2 is 2.00 bits per heavy atom. The summed E-state index contributed by atoms with van der Waals surface area (Å²) in [5.74, 6) is 1.06. The van der Waals surface area contributed by atoms with Gasteiger partial charge in [-0.3, -0.25) is 4.98 Å². The number of nitrogens with zero attached hydrogens (tertiary/aromatic N) is 3. The number of pyridine rings is 1. The normalized spacial score (nSPS) is 10.6. The van der Waals surface area contributed by atoms with Crippen LogP contribution in [0.4, 0.5) is 5.82 Å². The van der Waals surface area contributed by atoms with Gasteiger partial charge in [-0.2, -0.15) is 0 Å². The van der Waals surface area contributed by atoms with E-state index in [2.05, 4.69) is 37.8 Å². The molecule has 5 heteroatoms. The SMILES string of the molecule is CCc1cccnc1-c1nc(N)c(Br)c(CC)n1. The molecule has 0 aliphatic rings. The zero-order chi connectivity index (χ0) is 13.1. The number of halogens is 1. The van der Waals surface area contributed by atoms with Crippen LogP contribution in [-0.2, 0) is 12.8 Å². The van der Waals surface area contributed by atoms with Crippen molar-refractivity contribution in [2.75, 3.05) is 5.73 Å². The molecule has 2 aromatic rings. The number of hydrogen-bond acceptors (Lipinski definition) is 4. The van der Waals surface area contributed by atoms with Crippen molar-refractivity contribution in [3.63, 3.8) is 0 Å². The van der Waals surface area contributed by atoms with Gasteiger partial charge < -0.3 is 5.73 Å². The fraction of sp³-hybridized carbons (Fsp3) is 0.308. The van der Waals surface area contributed by atoms with Crippen LogP contribution in [0.5, 0.6) is 0 Å². The van der Waals surface area contributed by atoms with Gasteiger partial charge in [-0.25, -0.2) is 9.97 Å². The molecule has 0 fully saturated rings. The third-order valence-electron chi connectivity index (χ3n) is 2.76. The quantitative estimate of drug-likeness (QED) is 0.946. The zero-order valence-electron chi connectivity index (χ0n) is 10.4. The summed E-state index contributed by atoms with van der Waals surface area (Å²) >= 11 is 3.41. The van der Waals surface area contributed by atoms with E-state index in [-0.39, 0.29) is 0 Å². The molecule has 0 radical (unpaired) electrons. The lowest BCUT2D eigenvalue weighted by atomic mass is 10.1. The highest BCUT2D eigenvalue weighted by Crippen LogP contribution is 2.26. The van der Waals surface area contributed by atoms with E-state index in [0.717, 1.165) is 34.3 Å². The van der Waals surface area contributed by atoms with Crippen LogP contribution in [0.2, 0.25) is 0 Å². The van der Waals surface area contributed by atoms with Crippen LogP contribution in [0.15, 0.2) is 22.8 Å². The molecule has 4 nitrogen and oxygen atoms in total. The van der Waals surface area contributed by atoms with Crippen LogP contribution < -0.4 is 5.73 Å². The molecule has 0 amide bonds. The first kappa shape index (κ1) is 13.0. The molecule has 0 saturated heterocycles. The average Bonchev–Trinajstić information content (AvgIpc) is 2.41. The van der Waals surface area contributed by atoms with Crippen LogP contribution in [0.1, 0.15) is 25.1 Å². The van der Waals surface area contributed by atoms with Gasteiger partial charge in [0.15, 0.2) is 5.82 Å². The molecule has 0 atom stereocenters. The van der Waals surface area contributed by atoms with Gasteiger partial charge in [-0.1, -0.05) is 19.9 Å². The molecule has 0 unspecified atom stereocenters. The summed E-state index contributed by atoms with van der Waals surface area (Å²) in [6.07, 6.45) is 3.44. The van der Waals surface area contributed by atoms with Crippen LogP contribution >= 0.6 is 15.9 Å². The van der Waals surface area contributed by atoms with Crippen molar-refractivity contribution in [3.05, 3.63) is 34.1 Å². The molecule has 2 aromatic heterocycles. The summed E-state index contributed by atoms with van der Waals surface area (Å²) in [4.78, 5) is 13.2. The van der Waals surface area contributed by atoms with E-state index < -0.39 is 0 Å². The minimum atomic E-state index is 0.463. The molecule has 0 aliphatic carbocycles. The lowest BCUT2D eigenvalue weighted by molar-refractivity contribution is 0.980. The third-order valence-corrected chi connectivity index (χ3v) is 3.63. The molecule has 2 heterocycles. The second kappa shape index (κ2) is 5.44. The summed E-state index contributed by atoms with van der Waals surface area (Å²) in [7, 11) is 0. The lowest BCUT2D eigenvalue weighted by Crippen LogP contribution is -2.04. The highest BCUT2D eigenvalue weighted by molar-refractivity contribution is 9.10. The number of anilines is 1. The highest BCUT2D eigenvalue weighted by Gasteiger charge is 2.13. The Kier molecular flexibility index (Phi) is 3.91. The fourth-order valence-electron chi connectivity index (χ4n) is 1.78. The predicted octanol–water partition coefficient (Wildman–Crippen LogP) is 3.01. The number of hydrogen-bond donors (Lipinski definition) is 1. The van der Waals surface area contributed by atoms with Gasteiger partial charge in [-0.05, 0) is 40.4 Å². The topological polar surface area (TPSA) is 64.7 Å². The molecule has 0 spiro atoms. The van der Waals surface area contributed by atoms with Crippen molar-refractivity contribution in [1.29, 1.82) is 0 Å². The molecule has 0 aliphatic heterocycles. The standard InChI is InChI=1S/C13H15BrN4/c1-3-8-6-5-7-16-11(8)13-17-9(4-2)10(14)12(15)18-13/h5-7H,3-4H2,1-2H3,(H2,15,17,18). The zero-order valence-corrected chi connectivity index (χ0v) is 12.0. The summed E-state index contributed by atoms with van der Waals surface area (Å²) in [6, 6.07) is 3.96. The van der Waals surface area contributed by atoms with Gasteiger partial charge in [0.2, 0.25) is 0 Å². The maximum Gasteiger partial charge on any atom is 0.180 e. The maximum atomic E-state index is 5.90. The van der Waals surface area contributed by atoms with E-state index in [4.69, 9.17) is 5.73 Å². The van der Waals surface area contributed by atoms with E-state index in [1.807, 2.05) is 19.1 Å². The Hall–Kier alpha value is -1.49. The molecule has 18 heavy (non-hydrogen) atoms. The van der Waals surface area contributed by atoms with Crippen molar-refractivity contribution < 1.29 is 0 Å². The van der Waals surface area contributed by atoms with Crippen LogP contribution in [0.3, 0.4) is 0 Å². The second-order valence-electron chi connectivity index (χ2n) is 3.91. The van der Waals surface area contributed by atoms with E-state index >= 15 is 0 Å². The lowest BCUT2D eigenvalue weighted by Gasteiger charge is -2.09. The number of aryl methyl sites for hydroxylation is 2. The highest BCUT2D eigenvalue weighted by atomic mass is 79.9. The summed E-state index contributed by atoms with van der Waals surface area (Å²) < 4.78 is 0.780. The van der Waals surface area contributed by atoms with Gasteiger partial charge in [-0.15, -0.1) is 0 Å². The van der Waals surface area contributed by atoms with Crippen molar-refractivity contribution >= 4 is 21.7 Å². The molecule has 0 saturated carbocycles. The monoisotopic (exact) mass is 306 g/mol. The largest absolute Gasteiger partial charge is 0.383 e. The number of nitrogens with two attached hydrogens (primary N) is 1. The van der Waals surface area contributed by atoms with Gasteiger partial charge in [0.25, 0.3) is 0 Å². The van der Waals surface area contributed by atoms with E-state index in [1.165, 1.54) is 0 Å². The van der Waals surface area contributed by atoms with Crippen molar-refractivity contribution in [2.24, 2.45) is 0 Å². The first-order valence-corrected chi connectivity index (χ1v) is 6.72. The van der Waals surface area contributed by atoms with Crippen LogP contribution in [-0.4, -0.2) is 15.0 Å². The molecule has 2 N–H and O–H groups in total. The summed E-state index contributed by atoms with van der Waals surface area (Å²) in [5, 5.41) is 0. The molecule has 94 valence electrons. The predicted molar refractivity (Wildman–Crippen MR) is 76.1 cm³/mol. The van der Waals surface area contributed by atoms with Gasteiger partial charge in [0, 0.05) is 6.20 Å². The summed E-state index contributed by atoms with van der Waals surface area (Å²) in [6.45, 7) is 4.12. The Morgan fingerprint density at radius 3 is 2.67 bits per heavy atom. The Morgan fingerprint density at radius 1 is 1.22 bits per heavy atom. The molecular weight excluding hydrogens is 292 g/mol. The second-order valence-corrected chi connectivity index (χ2v) is 4.70. The van der Waals surface area contributed by atoms with Gasteiger partial charge in [0.05, 0.1) is 10.2 Å². The van der Waals surface area contributed by atoms with E-state index in [9.17, 15) is 0 Å². The molecule has 2 rings (SSSR count). The fourth-order valence-corrected chi connectivity index (χ4v) is 2.24. The minimum Gasteiger partial charge on any atom is -0.383 e. The van der Waals surface area contributed by atoms with Crippen LogP contribution in [0.25, 0.3) is 11.5 Å². The van der Waals surface area contributed by atoms with Crippen molar-refractivity contribution in [1.82, 2.24) is 15.0 Å². The molecule has 0 bridgehead atoms. The van der Waals surface area contributed by atoms with Crippen molar-refractivity contribution in [3.8, 4) is 11.5 Å². The van der Waals surface area contributed by atoms with E-state index in [0.29, 0.717) is 11.6 Å². The van der Waals surface area contributed by atoms with Gasteiger partial charge in [0.1, 0.15) is 11.5 Å².